The number of piperidine rings is 1. The second-order valence-electron chi connectivity index (χ2n) is 8.16. The molecule has 156 valence electrons. The normalized spacial score (nSPS) is 16.2. The first-order valence-electron chi connectivity index (χ1n) is 10.6. The van der Waals surface area contributed by atoms with Gasteiger partial charge in [0.1, 0.15) is 0 Å². The minimum Gasteiger partial charge on any atom is -0.354 e. The SMILES string of the molecule is CN=C(NCc1cccc(CN(C)C)c1)NC1CCN(Cc2ccccc2)CC1. The molecule has 2 aromatic carbocycles. The number of guanidine groups is 1. The lowest BCUT2D eigenvalue weighted by molar-refractivity contribution is 0.198. The first kappa shape index (κ1) is 21.3. The van der Waals surface area contributed by atoms with Crippen molar-refractivity contribution in [3.63, 3.8) is 0 Å². The maximum Gasteiger partial charge on any atom is 0.191 e. The zero-order chi connectivity index (χ0) is 20.5. The van der Waals surface area contributed by atoms with Crippen molar-refractivity contribution < 1.29 is 0 Å². The molecule has 29 heavy (non-hydrogen) atoms. The van der Waals surface area contributed by atoms with Crippen LogP contribution in [-0.4, -0.2) is 56.0 Å². The molecule has 0 atom stereocenters. The molecule has 0 amide bonds. The molecule has 0 bridgehead atoms. The molecule has 0 radical (unpaired) electrons. The number of nitrogens with zero attached hydrogens (tertiary/aromatic N) is 3. The molecule has 1 heterocycles. The van der Waals surface area contributed by atoms with Crippen LogP contribution in [0.4, 0.5) is 0 Å². The van der Waals surface area contributed by atoms with Gasteiger partial charge in [0, 0.05) is 45.8 Å². The fourth-order valence-electron chi connectivity index (χ4n) is 3.85. The summed E-state index contributed by atoms with van der Waals surface area (Å²) in [6, 6.07) is 20.0. The van der Waals surface area contributed by atoms with Gasteiger partial charge in [0.25, 0.3) is 0 Å². The van der Waals surface area contributed by atoms with Gasteiger partial charge in [-0.05, 0) is 43.6 Å². The summed E-state index contributed by atoms with van der Waals surface area (Å²) in [6.07, 6.45) is 2.29. The Kier molecular flexibility index (Phi) is 8.08. The summed E-state index contributed by atoms with van der Waals surface area (Å²) in [5, 5.41) is 7.09. The molecule has 1 saturated heterocycles. The van der Waals surface area contributed by atoms with E-state index in [1.54, 1.807) is 0 Å². The van der Waals surface area contributed by atoms with Gasteiger partial charge in [-0.15, -0.1) is 0 Å². The maximum atomic E-state index is 4.43. The van der Waals surface area contributed by atoms with Crippen molar-refractivity contribution in [3.05, 3.63) is 71.3 Å². The van der Waals surface area contributed by atoms with Crippen LogP contribution in [0.5, 0.6) is 0 Å². The highest BCUT2D eigenvalue weighted by Crippen LogP contribution is 2.14. The Bertz CT molecular complexity index is 764. The predicted octanol–water partition coefficient (Wildman–Crippen LogP) is 3.08. The quantitative estimate of drug-likeness (QED) is 0.560. The number of likely N-dealkylation sites (tertiary alicyclic amines) is 1. The van der Waals surface area contributed by atoms with E-state index in [4.69, 9.17) is 0 Å². The van der Waals surface area contributed by atoms with E-state index in [0.29, 0.717) is 6.04 Å². The molecule has 3 rings (SSSR count). The Balaban J connectivity index is 1.43. The van der Waals surface area contributed by atoms with Gasteiger partial charge in [0.15, 0.2) is 5.96 Å². The van der Waals surface area contributed by atoms with E-state index in [1.165, 1.54) is 16.7 Å². The zero-order valence-corrected chi connectivity index (χ0v) is 18.1. The monoisotopic (exact) mass is 393 g/mol. The van der Waals surface area contributed by atoms with Crippen LogP contribution in [0.25, 0.3) is 0 Å². The zero-order valence-electron chi connectivity index (χ0n) is 18.1. The molecule has 0 aliphatic carbocycles. The number of nitrogens with one attached hydrogen (secondary N) is 2. The first-order valence-corrected chi connectivity index (χ1v) is 10.6. The van der Waals surface area contributed by atoms with Crippen LogP contribution in [0, 0.1) is 0 Å². The Morgan fingerprint density at radius 3 is 2.38 bits per heavy atom. The van der Waals surface area contributed by atoms with E-state index >= 15 is 0 Å². The third-order valence-electron chi connectivity index (χ3n) is 5.35. The average molecular weight is 394 g/mol. The van der Waals surface area contributed by atoms with Crippen LogP contribution >= 0.6 is 0 Å². The summed E-state index contributed by atoms with van der Waals surface area (Å²) in [5.74, 6) is 0.893. The third-order valence-corrected chi connectivity index (χ3v) is 5.35. The lowest BCUT2D eigenvalue weighted by atomic mass is 10.0. The van der Waals surface area contributed by atoms with Crippen LogP contribution in [0.3, 0.4) is 0 Å². The molecule has 0 spiro atoms. The smallest absolute Gasteiger partial charge is 0.191 e. The highest BCUT2D eigenvalue weighted by molar-refractivity contribution is 5.79. The van der Waals surface area contributed by atoms with Crippen LogP contribution in [0.1, 0.15) is 29.5 Å². The number of hydrogen-bond donors (Lipinski definition) is 2. The van der Waals surface area contributed by atoms with Crippen molar-refractivity contribution in [1.82, 2.24) is 20.4 Å². The van der Waals surface area contributed by atoms with Gasteiger partial charge >= 0.3 is 0 Å². The Morgan fingerprint density at radius 1 is 1.00 bits per heavy atom. The number of aliphatic imine (C=N–C) groups is 1. The van der Waals surface area contributed by atoms with Gasteiger partial charge in [-0.3, -0.25) is 9.89 Å². The highest BCUT2D eigenvalue weighted by Gasteiger charge is 2.20. The lowest BCUT2D eigenvalue weighted by Gasteiger charge is -2.33. The van der Waals surface area contributed by atoms with Crippen LogP contribution in [0.15, 0.2) is 59.6 Å². The van der Waals surface area contributed by atoms with Crippen molar-refractivity contribution in [2.75, 3.05) is 34.2 Å². The van der Waals surface area contributed by atoms with Crippen molar-refractivity contribution in [2.45, 2.75) is 38.5 Å². The highest BCUT2D eigenvalue weighted by atomic mass is 15.2. The predicted molar refractivity (Wildman–Crippen MR) is 122 cm³/mol. The van der Waals surface area contributed by atoms with Crippen LogP contribution < -0.4 is 10.6 Å². The fourth-order valence-corrected chi connectivity index (χ4v) is 3.85. The minimum atomic E-state index is 0.480. The summed E-state index contributed by atoms with van der Waals surface area (Å²) in [5.41, 5.74) is 4.01. The molecule has 1 aliphatic rings. The van der Waals surface area contributed by atoms with E-state index in [1.807, 2.05) is 7.05 Å². The maximum absolute atomic E-state index is 4.43. The number of benzene rings is 2. The molecular formula is C24H35N5. The molecule has 2 aromatic rings. The topological polar surface area (TPSA) is 42.9 Å². The minimum absolute atomic E-state index is 0.480. The molecule has 5 heteroatoms. The molecule has 2 N–H and O–H groups in total. The van der Waals surface area contributed by atoms with E-state index in [-0.39, 0.29) is 0 Å². The van der Waals surface area contributed by atoms with Gasteiger partial charge in [-0.1, -0.05) is 54.6 Å². The summed E-state index contributed by atoms with van der Waals surface area (Å²) < 4.78 is 0. The van der Waals surface area contributed by atoms with Crippen LogP contribution in [0.2, 0.25) is 0 Å². The standard InChI is InChI=1S/C24H35N5/c1-25-24(26-17-21-10-7-11-22(16-21)18-28(2)3)27-23-12-14-29(15-13-23)19-20-8-5-4-6-9-20/h4-11,16,23H,12-15,17-19H2,1-3H3,(H2,25,26,27). The van der Waals surface area contributed by atoms with Crippen molar-refractivity contribution in [2.24, 2.45) is 4.99 Å². The summed E-state index contributed by atoms with van der Waals surface area (Å²) >= 11 is 0. The van der Waals surface area contributed by atoms with Crippen molar-refractivity contribution >= 4 is 5.96 Å². The van der Waals surface area contributed by atoms with E-state index in [9.17, 15) is 0 Å². The Hall–Kier alpha value is -2.37. The first-order chi connectivity index (χ1) is 14.1. The molecule has 1 aliphatic heterocycles. The van der Waals surface area contributed by atoms with E-state index < -0.39 is 0 Å². The fraction of sp³-hybridized carbons (Fsp3) is 0.458. The summed E-state index contributed by atoms with van der Waals surface area (Å²) in [6.45, 7) is 5.03. The Morgan fingerprint density at radius 2 is 1.69 bits per heavy atom. The van der Waals surface area contributed by atoms with Crippen molar-refractivity contribution in [1.29, 1.82) is 0 Å². The van der Waals surface area contributed by atoms with Gasteiger partial charge in [-0.25, -0.2) is 0 Å². The summed E-state index contributed by atoms with van der Waals surface area (Å²) in [7, 11) is 6.05. The molecular weight excluding hydrogens is 358 g/mol. The largest absolute Gasteiger partial charge is 0.354 e. The molecule has 5 nitrogen and oxygen atoms in total. The molecule has 1 fully saturated rings. The molecule has 0 aromatic heterocycles. The van der Waals surface area contributed by atoms with Crippen LogP contribution in [-0.2, 0) is 19.6 Å². The van der Waals surface area contributed by atoms with Gasteiger partial charge < -0.3 is 15.5 Å². The van der Waals surface area contributed by atoms with Gasteiger partial charge in [0.2, 0.25) is 0 Å². The number of hydrogen-bond acceptors (Lipinski definition) is 3. The Labute approximate surface area is 175 Å². The second kappa shape index (κ2) is 11.0. The summed E-state index contributed by atoms with van der Waals surface area (Å²) in [4.78, 5) is 9.16. The molecule has 0 saturated carbocycles. The number of rotatable bonds is 7. The van der Waals surface area contributed by atoms with Gasteiger partial charge in [-0.2, -0.15) is 0 Å². The second-order valence-corrected chi connectivity index (χ2v) is 8.16. The lowest BCUT2D eigenvalue weighted by Crippen LogP contribution is -2.48. The average Bonchev–Trinajstić information content (AvgIpc) is 2.73. The van der Waals surface area contributed by atoms with Gasteiger partial charge in [0.05, 0.1) is 0 Å². The van der Waals surface area contributed by atoms with E-state index in [2.05, 4.69) is 94.1 Å². The molecule has 0 unspecified atom stereocenters. The van der Waals surface area contributed by atoms with E-state index in [0.717, 1.165) is 51.5 Å². The van der Waals surface area contributed by atoms with Crippen molar-refractivity contribution in [3.8, 4) is 0 Å². The third kappa shape index (κ3) is 7.18.